The number of anilines is 1. The fourth-order valence-electron chi connectivity index (χ4n) is 1.07. The van der Waals surface area contributed by atoms with Gasteiger partial charge in [-0.2, -0.15) is 0 Å². The second-order valence-electron chi connectivity index (χ2n) is 3.36. The number of amides is 4. The van der Waals surface area contributed by atoms with E-state index in [1.807, 2.05) is 13.0 Å². The molecule has 0 aliphatic rings. The zero-order valence-electron chi connectivity index (χ0n) is 9.88. The van der Waals surface area contributed by atoms with E-state index in [9.17, 15) is 9.59 Å². The maximum Gasteiger partial charge on any atom is 0.351 e. The Balaban J connectivity index is 2.59. The monoisotopic (exact) mass is 233 g/mol. The smallest absolute Gasteiger partial charge is 0.307 e. The number of benzene rings is 1. The van der Waals surface area contributed by atoms with Crippen molar-refractivity contribution >= 4 is 24.0 Å². The molecule has 0 bridgehead atoms. The highest BCUT2D eigenvalue weighted by molar-refractivity contribution is 6.02. The highest BCUT2D eigenvalue weighted by Gasteiger charge is 2.15. The van der Waals surface area contributed by atoms with Gasteiger partial charge in [-0.1, -0.05) is 25.1 Å². The van der Waals surface area contributed by atoms with Gasteiger partial charge in [0.2, 0.25) is 0 Å². The molecule has 1 N–H and O–H groups in total. The van der Waals surface area contributed by atoms with E-state index in [0.29, 0.717) is 12.1 Å². The van der Waals surface area contributed by atoms with Crippen LogP contribution in [0.4, 0.5) is 15.3 Å². The van der Waals surface area contributed by atoms with Gasteiger partial charge in [0.1, 0.15) is 0 Å². The Morgan fingerprint density at radius 1 is 1.35 bits per heavy atom. The fourth-order valence-corrected chi connectivity index (χ4v) is 1.07. The van der Waals surface area contributed by atoms with E-state index in [-0.39, 0.29) is 0 Å². The number of hydrogen-bond acceptors (Lipinski definition) is 2. The summed E-state index contributed by atoms with van der Waals surface area (Å²) in [7, 11) is 1.38. The Hall–Kier alpha value is -2.17. The molecule has 0 aliphatic carbocycles. The Kier molecular flexibility index (Phi) is 4.87. The van der Waals surface area contributed by atoms with Crippen molar-refractivity contribution in [3.8, 4) is 0 Å². The van der Waals surface area contributed by atoms with Crippen LogP contribution in [0.15, 0.2) is 35.3 Å². The molecule has 0 saturated carbocycles. The zero-order valence-corrected chi connectivity index (χ0v) is 9.88. The van der Waals surface area contributed by atoms with Gasteiger partial charge in [-0.05, 0) is 18.6 Å². The molecule has 0 aromatic heterocycles. The summed E-state index contributed by atoms with van der Waals surface area (Å²) < 4.78 is 0. The molecule has 1 aromatic rings. The summed E-state index contributed by atoms with van der Waals surface area (Å²) in [5.41, 5.74) is 0.636. The Morgan fingerprint density at radius 2 is 2.00 bits per heavy atom. The van der Waals surface area contributed by atoms with Gasteiger partial charge in [0.05, 0.1) is 0 Å². The molecule has 17 heavy (non-hydrogen) atoms. The lowest BCUT2D eigenvalue weighted by Crippen LogP contribution is -2.34. The highest BCUT2D eigenvalue weighted by Crippen LogP contribution is 2.06. The Labute approximate surface area is 100 Å². The first kappa shape index (κ1) is 12.9. The maximum absolute atomic E-state index is 11.6. The topological polar surface area (TPSA) is 61.8 Å². The van der Waals surface area contributed by atoms with E-state index in [2.05, 4.69) is 10.3 Å². The summed E-state index contributed by atoms with van der Waals surface area (Å²) in [6.07, 6.45) is 2.12. The Bertz CT molecular complexity index is 415. The average molecular weight is 233 g/mol. The van der Waals surface area contributed by atoms with Crippen molar-refractivity contribution in [2.24, 2.45) is 4.99 Å². The van der Waals surface area contributed by atoms with Gasteiger partial charge in [-0.25, -0.2) is 19.5 Å². The van der Waals surface area contributed by atoms with Gasteiger partial charge in [-0.15, -0.1) is 0 Å². The van der Waals surface area contributed by atoms with Crippen LogP contribution in [0, 0.1) is 0 Å². The number of para-hydroxylation sites is 1. The van der Waals surface area contributed by atoms with E-state index < -0.39 is 12.1 Å². The van der Waals surface area contributed by atoms with Crippen LogP contribution in [0.3, 0.4) is 0 Å². The molecule has 0 spiro atoms. The van der Waals surface area contributed by atoms with Crippen molar-refractivity contribution in [2.45, 2.75) is 13.3 Å². The van der Waals surface area contributed by atoms with Crippen molar-refractivity contribution < 1.29 is 9.59 Å². The van der Waals surface area contributed by atoms with Crippen LogP contribution < -0.4 is 5.32 Å². The summed E-state index contributed by atoms with van der Waals surface area (Å²) in [6.45, 7) is 1.86. The third-order valence-electron chi connectivity index (χ3n) is 2.00. The SMILES string of the molecule is CCC=NC(=O)N(C)C(=O)Nc1ccccc1. The fraction of sp³-hybridized carbons (Fsp3) is 0.250. The highest BCUT2D eigenvalue weighted by atomic mass is 16.2. The number of nitrogens with zero attached hydrogens (tertiary/aromatic N) is 2. The van der Waals surface area contributed by atoms with Crippen molar-refractivity contribution in [3.05, 3.63) is 30.3 Å². The average Bonchev–Trinajstić information content (AvgIpc) is 2.36. The predicted octanol–water partition coefficient (Wildman–Crippen LogP) is 2.75. The van der Waals surface area contributed by atoms with E-state index in [0.717, 1.165) is 4.90 Å². The molecule has 0 fully saturated rings. The summed E-state index contributed by atoms with van der Waals surface area (Å²) in [5, 5.41) is 2.59. The summed E-state index contributed by atoms with van der Waals surface area (Å²) in [6, 6.07) is 7.83. The van der Waals surface area contributed by atoms with Gasteiger partial charge in [0.15, 0.2) is 0 Å². The lowest BCUT2D eigenvalue weighted by atomic mass is 10.3. The first-order chi connectivity index (χ1) is 8.15. The van der Waals surface area contributed by atoms with Gasteiger partial charge >= 0.3 is 12.1 Å². The van der Waals surface area contributed by atoms with Gasteiger partial charge in [0, 0.05) is 18.9 Å². The standard InChI is InChI=1S/C12H15N3O2/c1-3-9-13-11(16)15(2)12(17)14-10-7-5-4-6-8-10/h4-9H,3H2,1-2H3,(H,14,17). The van der Waals surface area contributed by atoms with Crippen LogP contribution in [-0.4, -0.2) is 30.2 Å². The molecule has 0 heterocycles. The van der Waals surface area contributed by atoms with Crippen molar-refractivity contribution in [1.82, 2.24) is 4.90 Å². The lowest BCUT2D eigenvalue weighted by molar-refractivity contribution is 0.208. The second-order valence-corrected chi connectivity index (χ2v) is 3.36. The first-order valence-electron chi connectivity index (χ1n) is 5.31. The molecule has 4 amide bonds. The summed E-state index contributed by atoms with van der Waals surface area (Å²) in [5.74, 6) is 0. The Morgan fingerprint density at radius 3 is 2.59 bits per heavy atom. The molecule has 1 aromatic carbocycles. The number of aliphatic imine (C=N–C) groups is 1. The normalized spacial score (nSPS) is 10.2. The van der Waals surface area contributed by atoms with Crippen LogP contribution in [-0.2, 0) is 0 Å². The number of hydrogen-bond donors (Lipinski definition) is 1. The molecule has 0 aliphatic heterocycles. The first-order valence-corrected chi connectivity index (χ1v) is 5.31. The number of rotatable bonds is 2. The number of carbonyl (C=O) groups is 2. The van der Waals surface area contributed by atoms with Crippen molar-refractivity contribution in [2.75, 3.05) is 12.4 Å². The van der Waals surface area contributed by atoms with Crippen LogP contribution in [0.1, 0.15) is 13.3 Å². The molecule has 0 saturated heterocycles. The number of imide groups is 1. The zero-order chi connectivity index (χ0) is 12.7. The van der Waals surface area contributed by atoms with Gasteiger partial charge in [-0.3, -0.25) is 0 Å². The largest absolute Gasteiger partial charge is 0.351 e. The molecule has 0 unspecified atom stereocenters. The minimum absolute atomic E-state index is 0.505. The number of carbonyl (C=O) groups excluding carboxylic acids is 2. The van der Waals surface area contributed by atoms with Crippen LogP contribution in [0.2, 0.25) is 0 Å². The predicted molar refractivity (Wildman–Crippen MR) is 67.4 cm³/mol. The molecule has 0 atom stereocenters. The maximum atomic E-state index is 11.6. The molecule has 5 heteroatoms. The molecular weight excluding hydrogens is 218 g/mol. The van der Waals surface area contributed by atoms with Gasteiger partial charge < -0.3 is 5.32 Å². The van der Waals surface area contributed by atoms with E-state index in [4.69, 9.17) is 0 Å². The molecule has 5 nitrogen and oxygen atoms in total. The second kappa shape index (κ2) is 6.42. The van der Waals surface area contributed by atoms with Gasteiger partial charge in [0.25, 0.3) is 0 Å². The van der Waals surface area contributed by atoms with Crippen LogP contribution >= 0.6 is 0 Å². The van der Waals surface area contributed by atoms with Crippen molar-refractivity contribution in [1.29, 1.82) is 0 Å². The number of nitrogens with one attached hydrogen (secondary N) is 1. The number of urea groups is 2. The molecule has 1 rings (SSSR count). The van der Waals surface area contributed by atoms with E-state index in [1.165, 1.54) is 13.3 Å². The van der Waals surface area contributed by atoms with Crippen LogP contribution in [0.25, 0.3) is 0 Å². The van der Waals surface area contributed by atoms with E-state index in [1.54, 1.807) is 24.3 Å². The molecular formula is C12H15N3O2. The lowest BCUT2D eigenvalue weighted by Gasteiger charge is -2.13. The van der Waals surface area contributed by atoms with E-state index >= 15 is 0 Å². The minimum atomic E-state index is -0.583. The van der Waals surface area contributed by atoms with Crippen LogP contribution in [0.5, 0.6) is 0 Å². The third kappa shape index (κ3) is 4.06. The van der Waals surface area contributed by atoms with Crippen molar-refractivity contribution in [3.63, 3.8) is 0 Å². The summed E-state index contributed by atoms with van der Waals surface area (Å²) >= 11 is 0. The molecule has 90 valence electrons. The molecule has 0 radical (unpaired) electrons. The third-order valence-corrected chi connectivity index (χ3v) is 2.00. The summed E-state index contributed by atoms with van der Waals surface area (Å²) in [4.78, 5) is 27.6. The quantitative estimate of drug-likeness (QED) is 0.798. The minimum Gasteiger partial charge on any atom is -0.307 e.